The molecular weight excluding hydrogens is 224 g/mol. The van der Waals surface area contributed by atoms with Crippen LogP contribution in [0.2, 0.25) is 0 Å². The van der Waals surface area contributed by atoms with Crippen molar-refractivity contribution in [3.8, 4) is 6.07 Å². The van der Waals surface area contributed by atoms with Crippen molar-refractivity contribution in [3.63, 3.8) is 0 Å². The summed E-state index contributed by atoms with van der Waals surface area (Å²) in [5.41, 5.74) is 8.13. The maximum absolute atomic E-state index is 8.89. The maximum Gasteiger partial charge on any atom is 0.0992 e. The zero-order valence-corrected chi connectivity index (χ0v) is 10.8. The third-order valence-electron chi connectivity index (χ3n) is 3.62. The molecule has 0 aliphatic carbocycles. The third-order valence-corrected chi connectivity index (χ3v) is 3.62. The highest BCUT2D eigenvalue weighted by Crippen LogP contribution is 2.22. The number of anilines is 2. The molecule has 0 radical (unpaired) electrons. The lowest BCUT2D eigenvalue weighted by atomic mass is 10.1. The molecule has 1 saturated heterocycles. The summed E-state index contributed by atoms with van der Waals surface area (Å²) in [6.07, 6.45) is 2.51. The SMILES string of the molecule is CCN1CCCC1CNc1cc(C#N)ccc1N. The van der Waals surface area contributed by atoms with Gasteiger partial charge in [-0.05, 0) is 44.1 Å². The number of nitriles is 1. The van der Waals surface area contributed by atoms with E-state index in [4.69, 9.17) is 11.0 Å². The van der Waals surface area contributed by atoms with Crippen LogP contribution in [0.25, 0.3) is 0 Å². The Morgan fingerprint density at radius 3 is 3.11 bits per heavy atom. The Morgan fingerprint density at radius 1 is 1.56 bits per heavy atom. The summed E-state index contributed by atoms with van der Waals surface area (Å²) in [6, 6.07) is 8.07. The molecule has 1 heterocycles. The quantitative estimate of drug-likeness (QED) is 0.795. The van der Waals surface area contributed by atoms with Gasteiger partial charge in [-0.25, -0.2) is 0 Å². The van der Waals surface area contributed by atoms with Gasteiger partial charge >= 0.3 is 0 Å². The molecule has 1 aromatic rings. The van der Waals surface area contributed by atoms with Gasteiger partial charge in [-0.15, -0.1) is 0 Å². The van der Waals surface area contributed by atoms with E-state index in [1.807, 2.05) is 6.07 Å². The van der Waals surface area contributed by atoms with Gasteiger partial charge in [-0.1, -0.05) is 6.92 Å². The number of likely N-dealkylation sites (N-methyl/N-ethyl adjacent to an activating group) is 1. The Labute approximate surface area is 108 Å². The molecule has 0 aromatic heterocycles. The molecule has 1 aromatic carbocycles. The number of benzene rings is 1. The number of nitrogens with one attached hydrogen (secondary N) is 1. The van der Waals surface area contributed by atoms with Gasteiger partial charge in [0.25, 0.3) is 0 Å². The van der Waals surface area contributed by atoms with E-state index in [-0.39, 0.29) is 0 Å². The largest absolute Gasteiger partial charge is 0.397 e. The predicted molar refractivity (Wildman–Crippen MR) is 74.3 cm³/mol. The Hall–Kier alpha value is -1.73. The van der Waals surface area contributed by atoms with Crippen molar-refractivity contribution in [2.24, 2.45) is 0 Å². The molecule has 18 heavy (non-hydrogen) atoms. The van der Waals surface area contributed by atoms with Gasteiger partial charge in [0, 0.05) is 12.6 Å². The first-order valence-corrected chi connectivity index (χ1v) is 6.52. The minimum absolute atomic E-state index is 0.583. The molecule has 1 aliphatic heterocycles. The molecule has 2 rings (SSSR count). The topological polar surface area (TPSA) is 65.1 Å². The average molecular weight is 244 g/mol. The fraction of sp³-hybridized carbons (Fsp3) is 0.500. The van der Waals surface area contributed by atoms with Crippen LogP contribution in [-0.4, -0.2) is 30.6 Å². The summed E-state index contributed by atoms with van der Waals surface area (Å²) in [6.45, 7) is 5.38. The van der Waals surface area contributed by atoms with E-state index < -0.39 is 0 Å². The average Bonchev–Trinajstić information content (AvgIpc) is 2.85. The van der Waals surface area contributed by atoms with E-state index in [0.717, 1.165) is 18.8 Å². The number of rotatable bonds is 4. The molecule has 0 bridgehead atoms. The van der Waals surface area contributed by atoms with Crippen LogP contribution in [-0.2, 0) is 0 Å². The summed E-state index contributed by atoms with van der Waals surface area (Å²) in [4.78, 5) is 2.48. The molecule has 0 saturated carbocycles. The van der Waals surface area contributed by atoms with Crippen LogP contribution in [0.1, 0.15) is 25.3 Å². The van der Waals surface area contributed by atoms with Gasteiger partial charge in [0.05, 0.1) is 23.0 Å². The molecule has 1 atom stereocenters. The molecular formula is C14H20N4. The van der Waals surface area contributed by atoms with Gasteiger partial charge < -0.3 is 11.1 Å². The van der Waals surface area contributed by atoms with Gasteiger partial charge in [-0.2, -0.15) is 5.26 Å². The van der Waals surface area contributed by atoms with Crippen molar-refractivity contribution in [3.05, 3.63) is 23.8 Å². The van der Waals surface area contributed by atoms with Crippen molar-refractivity contribution >= 4 is 11.4 Å². The van der Waals surface area contributed by atoms with Crippen LogP contribution in [0.4, 0.5) is 11.4 Å². The van der Waals surface area contributed by atoms with Crippen LogP contribution in [0.3, 0.4) is 0 Å². The summed E-state index contributed by atoms with van der Waals surface area (Å²) in [7, 11) is 0. The van der Waals surface area contributed by atoms with Crippen molar-refractivity contribution in [2.75, 3.05) is 30.7 Å². The van der Waals surface area contributed by atoms with Gasteiger partial charge in [0.2, 0.25) is 0 Å². The Bertz CT molecular complexity index is 450. The molecule has 3 N–H and O–H groups in total. The van der Waals surface area contributed by atoms with E-state index in [1.54, 1.807) is 12.1 Å². The lowest BCUT2D eigenvalue weighted by Crippen LogP contribution is -2.34. The molecule has 0 spiro atoms. The second-order valence-electron chi connectivity index (χ2n) is 4.72. The van der Waals surface area contributed by atoms with Crippen LogP contribution in [0, 0.1) is 11.3 Å². The van der Waals surface area contributed by atoms with E-state index >= 15 is 0 Å². The van der Waals surface area contributed by atoms with E-state index in [9.17, 15) is 0 Å². The molecule has 1 unspecified atom stereocenters. The second kappa shape index (κ2) is 5.74. The van der Waals surface area contributed by atoms with E-state index in [2.05, 4.69) is 23.2 Å². The first-order chi connectivity index (χ1) is 8.74. The fourth-order valence-electron chi connectivity index (χ4n) is 2.55. The van der Waals surface area contributed by atoms with Crippen LogP contribution in [0.15, 0.2) is 18.2 Å². The monoisotopic (exact) mass is 244 g/mol. The molecule has 4 heteroatoms. The van der Waals surface area contributed by atoms with Crippen molar-refractivity contribution in [1.29, 1.82) is 5.26 Å². The molecule has 4 nitrogen and oxygen atoms in total. The molecule has 96 valence electrons. The van der Waals surface area contributed by atoms with Crippen molar-refractivity contribution in [2.45, 2.75) is 25.8 Å². The Balaban J connectivity index is 1.99. The maximum atomic E-state index is 8.89. The summed E-state index contributed by atoms with van der Waals surface area (Å²) in [5, 5.41) is 12.3. The van der Waals surface area contributed by atoms with Crippen LogP contribution >= 0.6 is 0 Å². The Kier molecular flexibility index (Phi) is 4.06. The number of nitrogens with zero attached hydrogens (tertiary/aromatic N) is 2. The lowest BCUT2D eigenvalue weighted by Gasteiger charge is -2.23. The molecule has 1 fully saturated rings. The zero-order valence-electron chi connectivity index (χ0n) is 10.8. The standard InChI is InChI=1S/C14H20N4/c1-2-18-7-3-4-12(18)10-17-14-8-11(9-15)5-6-13(14)16/h5-6,8,12,17H,2-4,7,10,16H2,1H3. The molecule has 1 aliphatic rings. The fourth-order valence-corrected chi connectivity index (χ4v) is 2.55. The summed E-state index contributed by atoms with van der Waals surface area (Å²) >= 11 is 0. The first-order valence-electron chi connectivity index (χ1n) is 6.52. The van der Waals surface area contributed by atoms with Crippen molar-refractivity contribution < 1.29 is 0 Å². The van der Waals surface area contributed by atoms with Gasteiger partial charge in [0.15, 0.2) is 0 Å². The highest BCUT2D eigenvalue weighted by molar-refractivity contribution is 5.68. The number of likely N-dealkylation sites (tertiary alicyclic amines) is 1. The minimum Gasteiger partial charge on any atom is -0.397 e. The minimum atomic E-state index is 0.583. The highest BCUT2D eigenvalue weighted by atomic mass is 15.2. The van der Waals surface area contributed by atoms with E-state index in [1.165, 1.54) is 19.4 Å². The lowest BCUT2D eigenvalue weighted by molar-refractivity contribution is 0.277. The smallest absolute Gasteiger partial charge is 0.0992 e. The second-order valence-corrected chi connectivity index (χ2v) is 4.72. The first kappa shape index (κ1) is 12.7. The predicted octanol–water partition coefficient (Wildman–Crippen LogP) is 2.04. The number of hydrogen-bond donors (Lipinski definition) is 2. The summed E-state index contributed by atoms with van der Waals surface area (Å²) < 4.78 is 0. The molecule has 0 amide bonds. The van der Waals surface area contributed by atoms with Crippen molar-refractivity contribution in [1.82, 2.24) is 4.90 Å². The normalized spacial score (nSPS) is 19.7. The van der Waals surface area contributed by atoms with Crippen LogP contribution in [0.5, 0.6) is 0 Å². The number of hydrogen-bond acceptors (Lipinski definition) is 4. The highest BCUT2D eigenvalue weighted by Gasteiger charge is 2.22. The van der Waals surface area contributed by atoms with Gasteiger partial charge in [-0.3, -0.25) is 4.90 Å². The number of nitrogen functional groups attached to an aromatic ring is 1. The van der Waals surface area contributed by atoms with Gasteiger partial charge in [0.1, 0.15) is 0 Å². The zero-order chi connectivity index (χ0) is 13.0. The van der Waals surface area contributed by atoms with E-state index in [0.29, 0.717) is 17.3 Å². The summed E-state index contributed by atoms with van der Waals surface area (Å²) in [5.74, 6) is 0. The number of nitrogens with two attached hydrogens (primary N) is 1. The third kappa shape index (κ3) is 2.74. The Morgan fingerprint density at radius 2 is 2.39 bits per heavy atom. The van der Waals surface area contributed by atoms with Crippen LogP contribution < -0.4 is 11.1 Å².